The van der Waals surface area contributed by atoms with Gasteiger partial charge in [0.25, 0.3) is 0 Å². The molecule has 0 aliphatic heterocycles. The largest absolute Gasteiger partial charge is 0.479 e. The van der Waals surface area contributed by atoms with E-state index in [1.807, 2.05) is 55.5 Å². The second kappa shape index (κ2) is 9.33. The predicted molar refractivity (Wildman–Crippen MR) is 96.9 cm³/mol. The lowest BCUT2D eigenvalue weighted by Crippen LogP contribution is -2.26. The van der Waals surface area contributed by atoms with E-state index in [9.17, 15) is 9.90 Å². The Labute approximate surface area is 148 Å². The zero-order valence-corrected chi connectivity index (χ0v) is 14.6. The summed E-state index contributed by atoms with van der Waals surface area (Å²) < 4.78 is 5.59. The molecule has 3 nitrogen and oxygen atoms in total. The Hall–Kier alpha value is -2.00. The van der Waals surface area contributed by atoms with Gasteiger partial charge in [-0.15, -0.1) is 0 Å². The minimum atomic E-state index is -0.909. The first-order valence-electron chi connectivity index (χ1n) is 8.25. The number of benzene rings is 2. The normalized spacial score (nSPS) is 11.9. The molecule has 0 bridgehead atoms. The second-order valence-corrected chi connectivity index (χ2v) is 6.42. The Morgan fingerprint density at radius 3 is 2.33 bits per heavy atom. The number of halogens is 1. The van der Waals surface area contributed by atoms with Gasteiger partial charge < -0.3 is 9.84 Å². The Bertz CT molecular complexity index is 635. The van der Waals surface area contributed by atoms with Crippen molar-refractivity contribution in [2.45, 2.75) is 45.1 Å². The maximum atomic E-state index is 11.4. The first-order valence-corrected chi connectivity index (χ1v) is 8.63. The second-order valence-electron chi connectivity index (χ2n) is 5.98. The van der Waals surface area contributed by atoms with Gasteiger partial charge in [0.15, 0.2) is 6.10 Å². The summed E-state index contributed by atoms with van der Waals surface area (Å²) in [5.74, 6) is -0.303. The Kier molecular flexibility index (Phi) is 7.13. The highest BCUT2D eigenvalue weighted by atomic mass is 35.5. The average Bonchev–Trinajstić information content (AvgIpc) is 2.57. The van der Waals surface area contributed by atoms with Crippen molar-refractivity contribution >= 4 is 17.6 Å². The third-order valence-corrected chi connectivity index (χ3v) is 4.17. The van der Waals surface area contributed by atoms with Crippen LogP contribution in [0.25, 0.3) is 0 Å². The molecule has 2 rings (SSSR count). The van der Waals surface area contributed by atoms with E-state index in [2.05, 4.69) is 0 Å². The molecule has 128 valence electrons. The van der Waals surface area contributed by atoms with Gasteiger partial charge in [-0.1, -0.05) is 47.9 Å². The van der Waals surface area contributed by atoms with Crippen molar-refractivity contribution in [1.29, 1.82) is 0 Å². The summed E-state index contributed by atoms with van der Waals surface area (Å²) in [7, 11) is 0. The van der Waals surface area contributed by atoms with Crippen molar-refractivity contribution in [1.82, 2.24) is 0 Å². The molecule has 0 aromatic heterocycles. The number of aryl methyl sites for hydroxylation is 2. The molecule has 0 aliphatic carbocycles. The van der Waals surface area contributed by atoms with Crippen LogP contribution in [0.5, 0.6) is 5.75 Å². The number of ether oxygens (including phenoxy) is 1. The van der Waals surface area contributed by atoms with Crippen LogP contribution in [0.1, 0.15) is 36.8 Å². The average molecular weight is 347 g/mol. The van der Waals surface area contributed by atoms with Crippen LogP contribution in [-0.4, -0.2) is 17.2 Å². The number of unbranched alkanes of at least 4 members (excludes halogenated alkanes) is 2. The minimum absolute atomic E-state index is 0.518. The summed E-state index contributed by atoms with van der Waals surface area (Å²) in [6.07, 6.45) is 3.54. The molecule has 0 saturated heterocycles. The number of rotatable bonds is 9. The molecule has 24 heavy (non-hydrogen) atoms. The summed E-state index contributed by atoms with van der Waals surface area (Å²) >= 11 is 5.87. The highest BCUT2D eigenvalue weighted by Crippen LogP contribution is 2.17. The quantitative estimate of drug-likeness (QED) is 0.628. The molecule has 0 aliphatic rings. The number of carbonyl (C=O) groups is 1. The van der Waals surface area contributed by atoms with Gasteiger partial charge in [0.2, 0.25) is 0 Å². The molecular weight excluding hydrogens is 324 g/mol. The summed E-state index contributed by atoms with van der Waals surface area (Å²) in [5, 5.41) is 10.1. The van der Waals surface area contributed by atoms with Crippen LogP contribution in [0.2, 0.25) is 5.02 Å². The topological polar surface area (TPSA) is 46.5 Å². The first kappa shape index (κ1) is 18.3. The SMILES string of the molecule is Cc1ccc(OC(CCCCCc2ccc(Cl)cc2)C(=O)O)cc1. The van der Waals surface area contributed by atoms with E-state index in [0.717, 1.165) is 36.3 Å². The Morgan fingerprint density at radius 1 is 1.04 bits per heavy atom. The van der Waals surface area contributed by atoms with Gasteiger partial charge in [-0.25, -0.2) is 4.79 Å². The molecule has 0 saturated carbocycles. The zero-order valence-electron chi connectivity index (χ0n) is 13.9. The van der Waals surface area contributed by atoms with E-state index in [0.29, 0.717) is 12.2 Å². The summed E-state index contributed by atoms with van der Waals surface area (Å²) in [6.45, 7) is 1.99. The highest BCUT2D eigenvalue weighted by Gasteiger charge is 2.18. The fourth-order valence-corrected chi connectivity index (χ4v) is 2.63. The molecule has 2 aromatic rings. The lowest BCUT2D eigenvalue weighted by Gasteiger charge is -2.15. The fourth-order valence-electron chi connectivity index (χ4n) is 2.50. The number of hydrogen-bond donors (Lipinski definition) is 1. The molecule has 0 fully saturated rings. The molecule has 0 spiro atoms. The molecule has 0 radical (unpaired) electrons. The zero-order chi connectivity index (χ0) is 17.4. The van der Waals surface area contributed by atoms with Crippen molar-refractivity contribution in [2.24, 2.45) is 0 Å². The van der Waals surface area contributed by atoms with Crippen molar-refractivity contribution < 1.29 is 14.6 Å². The molecular formula is C20H23ClO3. The van der Waals surface area contributed by atoms with Crippen LogP contribution in [0, 0.1) is 6.92 Å². The predicted octanol–water partition coefficient (Wildman–Crippen LogP) is 5.28. The lowest BCUT2D eigenvalue weighted by molar-refractivity contribution is -0.145. The minimum Gasteiger partial charge on any atom is -0.479 e. The smallest absolute Gasteiger partial charge is 0.344 e. The molecule has 2 aromatic carbocycles. The van der Waals surface area contributed by atoms with Crippen LogP contribution < -0.4 is 4.74 Å². The van der Waals surface area contributed by atoms with Crippen LogP contribution >= 0.6 is 11.6 Å². The molecule has 1 unspecified atom stereocenters. The third kappa shape index (κ3) is 6.25. The van der Waals surface area contributed by atoms with Gasteiger partial charge in [-0.05, 0) is 62.4 Å². The first-order chi connectivity index (χ1) is 11.5. The van der Waals surface area contributed by atoms with Gasteiger partial charge in [0.1, 0.15) is 5.75 Å². The van der Waals surface area contributed by atoms with Crippen molar-refractivity contribution in [3.8, 4) is 5.75 Å². The van der Waals surface area contributed by atoms with Crippen molar-refractivity contribution in [2.75, 3.05) is 0 Å². The standard InChI is InChI=1S/C20H23ClO3/c1-15-7-13-18(14-8-15)24-19(20(22)23)6-4-2-3-5-16-9-11-17(21)12-10-16/h7-14,19H,2-6H2,1H3,(H,22,23). The number of carboxylic acid groups (broad SMARTS) is 1. The van der Waals surface area contributed by atoms with Crippen LogP contribution in [-0.2, 0) is 11.2 Å². The molecule has 1 atom stereocenters. The van der Waals surface area contributed by atoms with Crippen LogP contribution in [0.4, 0.5) is 0 Å². The fraction of sp³-hybridized carbons (Fsp3) is 0.350. The van der Waals surface area contributed by atoms with Gasteiger partial charge in [-0.3, -0.25) is 0 Å². The maximum absolute atomic E-state index is 11.4. The van der Waals surface area contributed by atoms with Gasteiger partial charge in [-0.2, -0.15) is 0 Å². The van der Waals surface area contributed by atoms with Crippen molar-refractivity contribution in [3.63, 3.8) is 0 Å². The van der Waals surface area contributed by atoms with E-state index in [-0.39, 0.29) is 0 Å². The Morgan fingerprint density at radius 2 is 1.71 bits per heavy atom. The van der Waals surface area contributed by atoms with E-state index >= 15 is 0 Å². The monoisotopic (exact) mass is 346 g/mol. The van der Waals surface area contributed by atoms with E-state index in [4.69, 9.17) is 16.3 Å². The van der Waals surface area contributed by atoms with Crippen LogP contribution in [0.15, 0.2) is 48.5 Å². The summed E-state index contributed by atoms with van der Waals surface area (Å²) in [5.41, 5.74) is 2.38. The van der Waals surface area contributed by atoms with E-state index in [1.165, 1.54) is 5.56 Å². The van der Waals surface area contributed by atoms with Gasteiger partial charge in [0.05, 0.1) is 0 Å². The molecule has 0 amide bonds. The van der Waals surface area contributed by atoms with Crippen molar-refractivity contribution in [3.05, 3.63) is 64.7 Å². The lowest BCUT2D eigenvalue weighted by atomic mass is 10.0. The number of aliphatic carboxylic acids is 1. The number of hydrogen-bond acceptors (Lipinski definition) is 2. The van der Waals surface area contributed by atoms with Gasteiger partial charge in [0, 0.05) is 5.02 Å². The Balaban J connectivity index is 1.72. The van der Waals surface area contributed by atoms with Gasteiger partial charge >= 0.3 is 5.97 Å². The summed E-state index contributed by atoms with van der Waals surface area (Å²) in [6, 6.07) is 15.3. The molecule has 4 heteroatoms. The molecule has 1 N–H and O–H groups in total. The highest BCUT2D eigenvalue weighted by molar-refractivity contribution is 6.30. The van der Waals surface area contributed by atoms with E-state index < -0.39 is 12.1 Å². The molecule has 0 heterocycles. The third-order valence-electron chi connectivity index (χ3n) is 3.92. The van der Waals surface area contributed by atoms with Crippen LogP contribution in [0.3, 0.4) is 0 Å². The number of carboxylic acids is 1. The maximum Gasteiger partial charge on any atom is 0.344 e. The van der Waals surface area contributed by atoms with E-state index in [1.54, 1.807) is 0 Å². The summed E-state index contributed by atoms with van der Waals surface area (Å²) in [4.78, 5) is 11.4.